The number of piperidine rings is 1. The maximum absolute atomic E-state index is 14.0. The number of ether oxygens (including phenoxy) is 1. The van der Waals surface area contributed by atoms with Gasteiger partial charge in [0.25, 0.3) is 0 Å². The van der Waals surface area contributed by atoms with Gasteiger partial charge in [0.2, 0.25) is 0 Å². The summed E-state index contributed by atoms with van der Waals surface area (Å²) in [5, 5.41) is 3.97. The molecular weight excluding hydrogens is 435 g/mol. The molecule has 31 heavy (non-hydrogen) atoms. The van der Waals surface area contributed by atoms with Crippen molar-refractivity contribution in [3.63, 3.8) is 0 Å². The van der Waals surface area contributed by atoms with Crippen LogP contribution in [0.15, 0.2) is 54.9 Å². The van der Waals surface area contributed by atoms with Gasteiger partial charge in [0.05, 0.1) is 12.8 Å². The van der Waals surface area contributed by atoms with E-state index >= 15 is 0 Å². The summed E-state index contributed by atoms with van der Waals surface area (Å²) in [6.45, 7) is 2.34. The number of hydrogen-bond donors (Lipinski definition) is 1. The lowest BCUT2D eigenvalue weighted by Crippen LogP contribution is -2.40. The van der Waals surface area contributed by atoms with E-state index < -0.39 is 0 Å². The normalized spacial score (nSPS) is 14.5. The fraction of sp³-hybridized carbons (Fsp3) is 0.304. The Balaban J connectivity index is 1.36. The van der Waals surface area contributed by atoms with Gasteiger partial charge in [-0.2, -0.15) is 0 Å². The molecule has 8 heteroatoms. The molecule has 2 heterocycles. The number of hydrogen-bond acceptors (Lipinski definition) is 3. The topological polar surface area (TPSA) is 42.3 Å². The first-order chi connectivity index (χ1) is 15.0. The first-order valence-electron chi connectivity index (χ1n) is 10.2. The van der Waals surface area contributed by atoms with Crippen LogP contribution in [-0.4, -0.2) is 39.8 Å². The van der Waals surface area contributed by atoms with E-state index in [-0.39, 0.29) is 5.82 Å². The van der Waals surface area contributed by atoms with Crippen molar-refractivity contribution in [2.24, 2.45) is 0 Å². The van der Waals surface area contributed by atoms with Gasteiger partial charge in [0.15, 0.2) is 5.11 Å². The van der Waals surface area contributed by atoms with Crippen LogP contribution in [0.5, 0.6) is 5.75 Å². The molecule has 0 aliphatic carbocycles. The Hall–Kier alpha value is -2.64. The van der Waals surface area contributed by atoms with Gasteiger partial charge >= 0.3 is 0 Å². The van der Waals surface area contributed by atoms with E-state index in [0.29, 0.717) is 21.7 Å². The summed E-state index contributed by atoms with van der Waals surface area (Å²) in [7, 11) is 1.67. The highest BCUT2D eigenvalue weighted by molar-refractivity contribution is 7.80. The van der Waals surface area contributed by atoms with Crippen LogP contribution in [-0.2, 0) is 6.54 Å². The molecule has 1 aliphatic heterocycles. The zero-order valence-corrected chi connectivity index (χ0v) is 18.8. The Bertz CT molecular complexity index is 1050. The average Bonchev–Trinajstić information content (AvgIpc) is 3.25. The van der Waals surface area contributed by atoms with Crippen molar-refractivity contribution in [1.82, 2.24) is 14.5 Å². The average molecular weight is 459 g/mol. The number of rotatable bonds is 5. The highest BCUT2D eigenvalue weighted by Gasteiger charge is 2.25. The summed E-state index contributed by atoms with van der Waals surface area (Å²) in [6.07, 6.45) is 5.75. The predicted molar refractivity (Wildman–Crippen MR) is 126 cm³/mol. The SMILES string of the molecule is COc1ccc(Cn2ccnc2C2CCN(C(=S)Nc3cc(Cl)ccc3F)CC2)cc1. The maximum atomic E-state index is 14.0. The fourth-order valence-corrected chi connectivity index (χ4v) is 4.33. The largest absolute Gasteiger partial charge is 0.497 e. The van der Waals surface area contributed by atoms with Crippen molar-refractivity contribution in [1.29, 1.82) is 0 Å². The lowest BCUT2D eigenvalue weighted by atomic mass is 9.96. The standard InChI is InChI=1S/C23H24ClFN4OS/c1-30-19-5-2-16(3-6-19)15-29-13-10-26-22(29)17-8-11-28(12-9-17)23(31)27-21-14-18(24)4-7-20(21)25/h2-7,10,13-14,17H,8-9,11-12,15H2,1H3,(H,27,31). The molecule has 0 spiro atoms. The van der Waals surface area contributed by atoms with Crippen LogP contribution in [0.1, 0.15) is 30.1 Å². The molecule has 0 saturated carbocycles. The van der Waals surface area contributed by atoms with Crippen LogP contribution in [0.25, 0.3) is 0 Å². The molecule has 5 nitrogen and oxygen atoms in total. The number of likely N-dealkylation sites (tertiary alicyclic amines) is 1. The number of halogens is 2. The van der Waals surface area contributed by atoms with E-state index in [9.17, 15) is 4.39 Å². The van der Waals surface area contributed by atoms with E-state index in [4.69, 9.17) is 28.6 Å². The number of imidazole rings is 1. The summed E-state index contributed by atoms with van der Waals surface area (Å²) in [6, 6.07) is 12.5. The number of nitrogens with zero attached hydrogens (tertiary/aromatic N) is 3. The number of benzene rings is 2. The number of thiocarbonyl (C=S) groups is 1. The molecule has 1 N–H and O–H groups in total. The van der Waals surface area contributed by atoms with Crippen LogP contribution >= 0.6 is 23.8 Å². The van der Waals surface area contributed by atoms with Crippen molar-refractivity contribution in [2.75, 3.05) is 25.5 Å². The first kappa shape index (κ1) is 21.6. The third kappa shape index (κ3) is 5.17. The number of anilines is 1. The monoisotopic (exact) mass is 458 g/mol. The van der Waals surface area contributed by atoms with Crippen molar-refractivity contribution in [3.05, 3.63) is 77.1 Å². The molecule has 3 aromatic rings. The Morgan fingerprint density at radius 3 is 2.68 bits per heavy atom. The summed E-state index contributed by atoms with van der Waals surface area (Å²) < 4.78 is 21.4. The van der Waals surface area contributed by atoms with Gasteiger partial charge in [-0.25, -0.2) is 9.37 Å². The van der Waals surface area contributed by atoms with Gasteiger partial charge in [-0.1, -0.05) is 23.7 Å². The van der Waals surface area contributed by atoms with Gasteiger partial charge in [-0.05, 0) is 61.0 Å². The minimum atomic E-state index is -0.373. The second-order valence-electron chi connectivity index (χ2n) is 7.58. The quantitative estimate of drug-likeness (QED) is 0.525. The Morgan fingerprint density at radius 1 is 1.23 bits per heavy atom. The highest BCUT2D eigenvalue weighted by Crippen LogP contribution is 2.28. The molecule has 1 fully saturated rings. The lowest BCUT2D eigenvalue weighted by molar-refractivity contribution is 0.307. The van der Waals surface area contributed by atoms with Gasteiger partial charge in [0, 0.05) is 43.0 Å². The third-order valence-corrected chi connectivity index (χ3v) is 6.17. The van der Waals surface area contributed by atoms with Crippen molar-refractivity contribution >= 4 is 34.6 Å². The third-order valence-electron chi connectivity index (χ3n) is 5.58. The minimum Gasteiger partial charge on any atom is -0.497 e. The molecule has 1 aliphatic rings. The van der Waals surface area contributed by atoms with Crippen LogP contribution < -0.4 is 10.1 Å². The van der Waals surface area contributed by atoms with Crippen LogP contribution in [0.2, 0.25) is 5.02 Å². The van der Waals surface area contributed by atoms with E-state index in [0.717, 1.165) is 44.0 Å². The fourth-order valence-electron chi connectivity index (χ4n) is 3.87. The van der Waals surface area contributed by atoms with Crippen molar-refractivity contribution < 1.29 is 9.13 Å². The molecular formula is C23H24ClFN4OS. The van der Waals surface area contributed by atoms with Gasteiger partial charge in [0.1, 0.15) is 17.4 Å². The molecule has 1 saturated heterocycles. The summed E-state index contributed by atoms with van der Waals surface area (Å²) in [5.41, 5.74) is 1.50. The molecule has 0 atom stereocenters. The Morgan fingerprint density at radius 2 is 1.97 bits per heavy atom. The molecule has 2 aromatic carbocycles. The zero-order valence-electron chi connectivity index (χ0n) is 17.2. The second-order valence-corrected chi connectivity index (χ2v) is 8.40. The molecule has 0 bridgehead atoms. The summed E-state index contributed by atoms with van der Waals surface area (Å²) in [4.78, 5) is 6.71. The predicted octanol–water partition coefficient (Wildman–Crippen LogP) is 5.31. The Kier molecular flexibility index (Phi) is 6.73. The van der Waals surface area contributed by atoms with Gasteiger partial charge in [-0.3, -0.25) is 0 Å². The molecule has 0 amide bonds. The molecule has 0 unspecified atom stereocenters. The maximum Gasteiger partial charge on any atom is 0.173 e. The number of nitrogens with one attached hydrogen (secondary N) is 1. The zero-order chi connectivity index (χ0) is 21.8. The van der Waals surface area contributed by atoms with E-state index in [1.54, 1.807) is 13.2 Å². The van der Waals surface area contributed by atoms with Crippen LogP contribution in [0.3, 0.4) is 0 Å². The summed E-state index contributed by atoms with van der Waals surface area (Å²) in [5.74, 6) is 1.93. The molecule has 0 radical (unpaired) electrons. The second kappa shape index (κ2) is 9.66. The lowest BCUT2D eigenvalue weighted by Gasteiger charge is -2.33. The Labute approximate surface area is 191 Å². The van der Waals surface area contributed by atoms with Crippen molar-refractivity contribution in [3.8, 4) is 5.75 Å². The molecule has 4 rings (SSSR count). The van der Waals surface area contributed by atoms with Crippen molar-refractivity contribution in [2.45, 2.75) is 25.3 Å². The summed E-state index contributed by atoms with van der Waals surface area (Å²) >= 11 is 11.5. The van der Waals surface area contributed by atoms with E-state index in [1.807, 2.05) is 24.5 Å². The van der Waals surface area contributed by atoms with Gasteiger partial charge < -0.3 is 19.5 Å². The van der Waals surface area contributed by atoms with E-state index in [2.05, 4.69) is 31.9 Å². The number of aromatic nitrogens is 2. The van der Waals surface area contributed by atoms with Crippen LogP contribution in [0.4, 0.5) is 10.1 Å². The number of methoxy groups -OCH3 is 1. The highest BCUT2D eigenvalue weighted by atomic mass is 35.5. The van der Waals surface area contributed by atoms with Crippen LogP contribution in [0, 0.1) is 5.82 Å². The van der Waals surface area contributed by atoms with E-state index in [1.165, 1.54) is 17.7 Å². The molecule has 162 valence electrons. The minimum absolute atomic E-state index is 0.301. The first-order valence-corrected chi connectivity index (χ1v) is 11.0. The van der Waals surface area contributed by atoms with Gasteiger partial charge in [-0.15, -0.1) is 0 Å². The smallest absolute Gasteiger partial charge is 0.173 e. The molecule has 1 aromatic heterocycles.